The van der Waals surface area contributed by atoms with E-state index in [0.29, 0.717) is 12.8 Å². The predicted octanol–water partition coefficient (Wildman–Crippen LogP) is 4.58. The van der Waals surface area contributed by atoms with Gasteiger partial charge in [0.25, 0.3) is 5.91 Å². The number of carbonyl (C=O) groups is 3. The van der Waals surface area contributed by atoms with Crippen molar-refractivity contribution in [2.24, 2.45) is 5.92 Å². The molecule has 0 bridgehead atoms. The first-order valence-electron chi connectivity index (χ1n) is 10.8. The standard InChI is InChI=1S/C26H27NO6/c1-3-32-26(31)17(2)15-21(27-24(28)22-13-14-23(33-22)25(29)30)16-18-9-11-20(12-10-18)19-7-5-4-6-8-19/h4-14,17,21H,3,15-16H2,1-2H3,(H,27,28)(H,29,30)/t17-,21+/m1/s1. The monoisotopic (exact) mass is 449 g/mol. The van der Waals surface area contributed by atoms with E-state index in [9.17, 15) is 14.4 Å². The van der Waals surface area contributed by atoms with Crippen molar-refractivity contribution < 1.29 is 28.6 Å². The number of aromatic carboxylic acids is 1. The minimum atomic E-state index is -1.25. The SMILES string of the molecule is CCOC(=O)[C@H](C)C[C@@H](Cc1ccc(-c2ccccc2)cc1)NC(=O)c1ccc(C(=O)O)o1. The Balaban J connectivity index is 1.75. The van der Waals surface area contributed by atoms with Gasteiger partial charge in [-0.05, 0) is 48.6 Å². The van der Waals surface area contributed by atoms with Gasteiger partial charge in [-0.25, -0.2) is 4.79 Å². The molecule has 2 N–H and O–H groups in total. The van der Waals surface area contributed by atoms with Crippen LogP contribution in [0.4, 0.5) is 0 Å². The van der Waals surface area contributed by atoms with Crippen molar-refractivity contribution in [3.63, 3.8) is 0 Å². The summed E-state index contributed by atoms with van der Waals surface area (Å²) in [4.78, 5) is 35.9. The number of rotatable bonds is 10. The molecular formula is C26H27NO6. The van der Waals surface area contributed by atoms with Crippen LogP contribution in [0.3, 0.4) is 0 Å². The summed E-state index contributed by atoms with van der Waals surface area (Å²) in [6, 6.07) is 20.2. The van der Waals surface area contributed by atoms with Crippen molar-refractivity contribution in [1.82, 2.24) is 5.32 Å². The van der Waals surface area contributed by atoms with Crippen molar-refractivity contribution in [2.45, 2.75) is 32.7 Å². The van der Waals surface area contributed by atoms with Gasteiger partial charge in [0.05, 0.1) is 12.5 Å². The maximum atomic E-state index is 12.7. The zero-order chi connectivity index (χ0) is 23.8. The molecule has 0 aliphatic heterocycles. The Kier molecular flexibility index (Phi) is 8.02. The molecule has 2 atom stereocenters. The third-order valence-corrected chi connectivity index (χ3v) is 5.25. The molecule has 0 unspecified atom stereocenters. The van der Waals surface area contributed by atoms with Crippen LogP contribution >= 0.6 is 0 Å². The second-order valence-electron chi connectivity index (χ2n) is 7.80. The molecule has 3 aromatic rings. The van der Waals surface area contributed by atoms with Crippen LogP contribution in [0.2, 0.25) is 0 Å². The van der Waals surface area contributed by atoms with Crippen LogP contribution in [0.1, 0.15) is 46.9 Å². The van der Waals surface area contributed by atoms with Crippen molar-refractivity contribution in [3.05, 3.63) is 83.8 Å². The molecule has 0 aliphatic carbocycles. The number of furan rings is 1. The van der Waals surface area contributed by atoms with Crippen molar-refractivity contribution >= 4 is 17.8 Å². The number of hydrogen-bond acceptors (Lipinski definition) is 5. The highest BCUT2D eigenvalue weighted by atomic mass is 16.5. The second-order valence-corrected chi connectivity index (χ2v) is 7.80. The molecule has 7 nitrogen and oxygen atoms in total. The van der Waals surface area contributed by atoms with E-state index in [2.05, 4.69) is 5.32 Å². The van der Waals surface area contributed by atoms with Crippen molar-refractivity contribution in [2.75, 3.05) is 6.61 Å². The fourth-order valence-electron chi connectivity index (χ4n) is 3.58. The van der Waals surface area contributed by atoms with Gasteiger partial charge in [0, 0.05) is 6.04 Å². The number of benzene rings is 2. The molecule has 0 saturated carbocycles. The Hall–Kier alpha value is -3.87. The summed E-state index contributed by atoms with van der Waals surface area (Å²) < 4.78 is 10.2. The van der Waals surface area contributed by atoms with Crippen LogP contribution in [-0.4, -0.2) is 35.6 Å². The summed E-state index contributed by atoms with van der Waals surface area (Å²) >= 11 is 0. The Morgan fingerprint density at radius 1 is 0.939 bits per heavy atom. The Bertz CT molecular complexity index is 1090. The van der Waals surface area contributed by atoms with E-state index in [4.69, 9.17) is 14.3 Å². The quantitative estimate of drug-likeness (QED) is 0.439. The van der Waals surface area contributed by atoms with Gasteiger partial charge in [0.1, 0.15) is 0 Å². The number of hydrogen-bond donors (Lipinski definition) is 2. The number of carbonyl (C=O) groups excluding carboxylic acids is 2. The average molecular weight is 450 g/mol. The number of amides is 1. The van der Waals surface area contributed by atoms with E-state index in [1.54, 1.807) is 13.8 Å². The first-order chi connectivity index (χ1) is 15.9. The van der Waals surface area contributed by atoms with Gasteiger partial charge in [-0.3, -0.25) is 9.59 Å². The molecule has 0 fully saturated rings. The molecule has 7 heteroatoms. The summed E-state index contributed by atoms with van der Waals surface area (Å²) in [6.07, 6.45) is 0.842. The van der Waals surface area contributed by atoms with Gasteiger partial charge in [-0.2, -0.15) is 0 Å². The van der Waals surface area contributed by atoms with Gasteiger partial charge >= 0.3 is 11.9 Å². The van der Waals surface area contributed by atoms with Gasteiger partial charge in [-0.1, -0.05) is 61.5 Å². The van der Waals surface area contributed by atoms with Crippen LogP contribution in [-0.2, 0) is 16.0 Å². The molecule has 172 valence electrons. The van der Waals surface area contributed by atoms with Crippen LogP contribution in [0.15, 0.2) is 71.1 Å². The largest absolute Gasteiger partial charge is 0.475 e. The second kappa shape index (κ2) is 11.1. The number of nitrogens with one attached hydrogen (secondary N) is 1. The number of carboxylic acid groups (broad SMARTS) is 1. The molecule has 1 heterocycles. The maximum Gasteiger partial charge on any atom is 0.371 e. The van der Waals surface area contributed by atoms with Crippen LogP contribution in [0, 0.1) is 5.92 Å². The van der Waals surface area contributed by atoms with E-state index in [1.807, 2.05) is 54.6 Å². The minimum absolute atomic E-state index is 0.0967. The summed E-state index contributed by atoms with van der Waals surface area (Å²) in [6.45, 7) is 3.78. The molecule has 2 aromatic carbocycles. The maximum absolute atomic E-state index is 12.7. The predicted molar refractivity (Wildman–Crippen MR) is 123 cm³/mol. The van der Waals surface area contributed by atoms with Gasteiger partial charge in [0.15, 0.2) is 5.76 Å². The van der Waals surface area contributed by atoms with Gasteiger partial charge < -0.3 is 19.6 Å². The lowest BCUT2D eigenvalue weighted by molar-refractivity contribution is -0.147. The fourth-order valence-corrected chi connectivity index (χ4v) is 3.58. The van der Waals surface area contributed by atoms with Gasteiger partial charge in [-0.15, -0.1) is 0 Å². The lowest BCUT2D eigenvalue weighted by Crippen LogP contribution is -2.38. The highest BCUT2D eigenvalue weighted by molar-refractivity contribution is 5.93. The molecular weight excluding hydrogens is 422 g/mol. The summed E-state index contributed by atoms with van der Waals surface area (Å²) in [5.74, 6) is -2.95. The average Bonchev–Trinajstić information content (AvgIpc) is 3.31. The zero-order valence-electron chi connectivity index (χ0n) is 18.6. The zero-order valence-corrected chi connectivity index (χ0v) is 18.6. The van der Waals surface area contributed by atoms with Gasteiger partial charge in [0.2, 0.25) is 5.76 Å². The van der Waals surface area contributed by atoms with E-state index in [-0.39, 0.29) is 24.1 Å². The topological polar surface area (TPSA) is 106 Å². The molecule has 0 saturated heterocycles. The number of ether oxygens (including phenoxy) is 1. The summed E-state index contributed by atoms with van der Waals surface area (Å²) in [5, 5.41) is 11.9. The summed E-state index contributed by atoms with van der Waals surface area (Å²) in [5.41, 5.74) is 3.18. The number of carboxylic acids is 1. The fraction of sp³-hybridized carbons (Fsp3) is 0.269. The first kappa shape index (κ1) is 23.8. The molecule has 0 aliphatic rings. The van der Waals surface area contributed by atoms with E-state index in [1.165, 1.54) is 12.1 Å². The number of esters is 1. The highest BCUT2D eigenvalue weighted by Gasteiger charge is 2.24. The smallest absolute Gasteiger partial charge is 0.371 e. The molecule has 0 radical (unpaired) electrons. The Morgan fingerprint density at radius 3 is 2.18 bits per heavy atom. The Morgan fingerprint density at radius 2 is 1.58 bits per heavy atom. The van der Waals surface area contributed by atoms with E-state index in [0.717, 1.165) is 16.7 Å². The van der Waals surface area contributed by atoms with Crippen molar-refractivity contribution in [3.8, 4) is 11.1 Å². The lowest BCUT2D eigenvalue weighted by atomic mass is 9.95. The third-order valence-electron chi connectivity index (χ3n) is 5.25. The molecule has 3 rings (SSSR count). The van der Waals surface area contributed by atoms with Crippen LogP contribution < -0.4 is 5.32 Å². The Labute approximate surface area is 192 Å². The highest BCUT2D eigenvalue weighted by Crippen LogP contribution is 2.21. The van der Waals surface area contributed by atoms with Crippen LogP contribution in [0.25, 0.3) is 11.1 Å². The molecule has 33 heavy (non-hydrogen) atoms. The van der Waals surface area contributed by atoms with Crippen LogP contribution in [0.5, 0.6) is 0 Å². The van der Waals surface area contributed by atoms with E-state index < -0.39 is 23.8 Å². The normalized spacial score (nSPS) is 12.5. The minimum Gasteiger partial charge on any atom is -0.475 e. The first-order valence-corrected chi connectivity index (χ1v) is 10.8. The van der Waals surface area contributed by atoms with Crippen molar-refractivity contribution in [1.29, 1.82) is 0 Å². The lowest BCUT2D eigenvalue weighted by Gasteiger charge is -2.21. The molecule has 1 amide bonds. The summed E-state index contributed by atoms with van der Waals surface area (Å²) in [7, 11) is 0. The molecule has 0 spiro atoms. The van der Waals surface area contributed by atoms with E-state index >= 15 is 0 Å². The molecule has 1 aromatic heterocycles. The third kappa shape index (κ3) is 6.55.